The van der Waals surface area contributed by atoms with E-state index in [2.05, 4.69) is 16.7 Å². The van der Waals surface area contributed by atoms with Crippen molar-refractivity contribution in [1.29, 1.82) is 0 Å². The molecule has 0 atom stereocenters. The van der Waals surface area contributed by atoms with E-state index in [1.165, 1.54) is 26.1 Å². The summed E-state index contributed by atoms with van der Waals surface area (Å²) >= 11 is 0. The van der Waals surface area contributed by atoms with Gasteiger partial charge in [-0.1, -0.05) is 6.92 Å². The van der Waals surface area contributed by atoms with Crippen LogP contribution < -0.4 is 0 Å². The number of hydrogen-bond acceptors (Lipinski definition) is 2. The molecular weight excluding hydrogens is 179 g/mol. The topological polar surface area (TPSA) is 6.48 Å². The molecule has 0 aromatic rings. The highest BCUT2D eigenvalue weighted by atomic mass is 19.1. The fourth-order valence-corrected chi connectivity index (χ4v) is 1.68. The Kier molecular flexibility index (Phi) is 5.41. The van der Waals surface area contributed by atoms with E-state index in [0.29, 0.717) is 0 Å². The molecule has 0 spiro atoms. The molecule has 0 radical (unpaired) electrons. The predicted molar refractivity (Wildman–Crippen MR) is 58.4 cm³/mol. The third kappa shape index (κ3) is 4.38. The van der Waals surface area contributed by atoms with Gasteiger partial charge in [-0.05, 0) is 45.9 Å². The number of rotatable bonds is 1. The van der Waals surface area contributed by atoms with Crippen LogP contribution in [-0.4, -0.2) is 55.7 Å². The molecule has 2 rings (SSSR count). The molecule has 2 heterocycles. The summed E-state index contributed by atoms with van der Waals surface area (Å²) in [5, 5.41) is 0. The second kappa shape index (κ2) is 6.36. The van der Waals surface area contributed by atoms with Gasteiger partial charge in [0.2, 0.25) is 0 Å². The van der Waals surface area contributed by atoms with Crippen molar-refractivity contribution in [3.8, 4) is 0 Å². The van der Waals surface area contributed by atoms with E-state index in [0.717, 1.165) is 25.9 Å². The van der Waals surface area contributed by atoms with Crippen molar-refractivity contribution >= 4 is 0 Å². The van der Waals surface area contributed by atoms with Gasteiger partial charge in [0.15, 0.2) is 0 Å². The number of nitrogens with zero attached hydrogens (tertiary/aromatic N) is 2. The Bertz CT molecular complexity index is 127. The molecule has 0 unspecified atom stereocenters. The van der Waals surface area contributed by atoms with E-state index < -0.39 is 6.17 Å². The van der Waals surface area contributed by atoms with Crippen molar-refractivity contribution in [3.63, 3.8) is 0 Å². The van der Waals surface area contributed by atoms with Crippen LogP contribution in [0.1, 0.15) is 26.2 Å². The molecule has 0 amide bonds. The lowest BCUT2D eigenvalue weighted by Crippen LogP contribution is -2.36. The summed E-state index contributed by atoms with van der Waals surface area (Å²) < 4.78 is 12.3. The van der Waals surface area contributed by atoms with E-state index in [-0.39, 0.29) is 0 Å². The number of likely N-dealkylation sites (tertiary alicyclic amines) is 2. The fraction of sp³-hybridized carbons (Fsp3) is 1.00. The second-order valence-corrected chi connectivity index (χ2v) is 4.27. The molecule has 0 bridgehead atoms. The average molecular weight is 202 g/mol. The Morgan fingerprint density at radius 2 is 1.71 bits per heavy atom. The second-order valence-electron chi connectivity index (χ2n) is 4.27. The van der Waals surface area contributed by atoms with Gasteiger partial charge in [-0.25, -0.2) is 4.39 Å². The molecule has 0 aliphatic carbocycles. The van der Waals surface area contributed by atoms with E-state index in [9.17, 15) is 4.39 Å². The maximum atomic E-state index is 12.3. The van der Waals surface area contributed by atoms with Gasteiger partial charge < -0.3 is 9.80 Å². The van der Waals surface area contributed by atoms with Crippen molar-refractivity contribution in [1.82, 2.24) is 9.80 Å². The molecule has 2 aliphatic heterocycles. The van der Waals surface area contributed by atoms with Gasteiger partial charge in [0.1, 0.15) is 6.17 Å². The first-order valence-electron chi connectivity index (χ1n) is 5.77. The third-order valence-corrected chi connectivity index (χ3v) is 3.04. The van der Waals surface area contributed by atoms with Crippen LogP contribution in [0, 0.1) is 0 Å². The zero-order valence-electron chi connectivity index (χ0n) is 9.51. The van der Waals surface area contributed by atoms with Gasteiger partial charge in [-0.2, -0.15) is 0 Å². The SMILES string of the molecule is CCN1CCC1.CN1CCC(F)CC1. The summed E-state index contributed by atoms with van der Waals surface area (Å²) in [7, 11) is 2.03. The number of piperidine rings is 1. The Morgan fingerprint density at radius 1 is 1.14 bits per heavy atom. The highest BCUT2D eigenvalue weighted by Crippen LogP contribution is 2.10. The van der Waals surface area contributed by atoms with Crippen LogP contribution in [0.15, 0.2) is 0 Å². The van der Waals surface area contributed by atoms with Crippen LogP contribution in [0.5, 0.6) is 0 Å². The van der Waals surface area contributed by atoms with Crippen LogP contribution in [-0.2, 0) is 0 Å². The maximum absolute atomic E-state index is 12.3. The van der Waals surface area contributed by atoms with Crippen LogP contribution in [0.4, 0.5) is 4.39 Å². The quantitative estimate of drug-likeness (QED) is 0.639. The summed E-state index contributed by atoms with van der Waals surface area (Å²) in [6.45, 7) is 8.01. The lowest BCUT2D eigenvalue weighted by Gasteiger charge is -2.28. The van der Waals surface area contributed by atoms with Gasteiger partial charge >= 0.3 is 0 Å². The van der Waals surface area contributed by atoms with Gasteiger partial charge in [-0.15, -0.1) is 0 Å². The summed E-state index contributed by atoms with van der Waals surface area (Å²) in [5.41, 5.74) is 0. The van der Waals surface area contributed by atoms with Crippen LogP contribution in [0.3, 0.4) is 0 Å². The molecule has 2 nitrogen and oxygen atoms in total. The minimum Gasteiger partial charge on any atom is -0.306 e. The lowest BCUT2D eigenvalue weighted by atomic mass is 10.1. The van der Waals surface area contributed by atoms with E-state index in [4.69, 9.17) is 0 Å². The van der Waals surface area contributed by atoms with Crippen LogP contribution in [0.25, 0.3) is 0 Å². The molecule has 2 aliphatic rings. The van der Waals surface area contributed by atoms with Gasteiger partial charge in [-0.3, -0.25) is 0 Å². The van der Waals surface area contributed by atoms with Crippen molar-refractivity contribution in [2.24, 2.45) is 0 Å². The molecule has 0 saturated carbocycles. The average Bonchev–Trinajstić information content (AvgIpc) is 2.09. The number of hydrogen-bond donors (Lipinski definition) is 0. The molecule has 14 heavy (non-hydrogen) atoms. The zero-order valence-corrected chi connectivity index (χ0v) is 9.51. The monoisotopic (exact) mass is 202 g/mol. The molecule has 84 valence electrons. The van der Waals surface area contributed by atoms with Gasteiger partial charge in [0.25, 0.3) is 0 Å². The van der Waals surface area contributed by atoms with Gasteiger partial charge in [0, 0.05) is 13.1 Å². The Morgan fingerprint density at radius 3 is 1.93 bits per heavy atom. The van der Waals surface area contributed by atoms with Gasteiger partial charge in [0.05, 0.1) is 0 Å². The maximum Gasteiger partial charge on any atom is 0.103 e. The minimum atomic E-state index is -0.522. The van der Waals surface area contributed by atoms with Crippen molar-refractivity contribution in [2.75, 3.05) is 39.8 Å². The van der Waals surface area contributed by atoms with Crippen LogP contribution >= 0.6 is 0 Å². The van der Waals surface area contributed by atoms with E-state index in [1.807, 2.05) is 7.05 Å². The summed E-state index contributed by atoms with van der Waals surface area (Å²) in [5.74, 6) is 0. The van der Waals surface area contributed by atoms with E-state index in [1.54, 1.807) is 0 Å². The highest BCUT2D eigenvalue weighted by Gasteiger charge is 2.14. The van der Waals surface area contributed by atoms with Crippen molar-refractivity contribution in [2.45, 2.75) is 32.4 Å². The molecular formula is C11H23FN2. The molecule has 3 heteroatoms. The van der Waals surface area contributed by atoms with Crippen molar-refractivity contribution < 1.29 is 4.39 Å². The van der Waals surface area contributed by atoms with E-state index >= 15 is 0 Å². The third-order valence-electron chi connectivity index (χ3n) is 3.04. The first kappa shape index (κ1) is 11.9. The molecule has 0 N–H and O–H groups in total. The molecule has 0 aromatic heterocycles. The lowest BCUT2D eigenvalue weighted by molar-refractivity contribution is 0.174. The summed E-state index contributed by atoms with van der Waals surface area (Å²) in [4.78, 5) is 4.59. The molecule has 0 aromatic carbocycles. The predicted octanol–water partition coefficient (Wildman–Crippen LogP) is 1.76. The first-order valence-corrected chi connectivity index (χ1v) is 5.77. The largest absolute Gasteiger partial charge is 0.306 e. The molecule has 2 fully saturated rings. The number of halogens is 1. The first-order chi connectivity index (χ1) is 6.72. The van der Waals surface area contributed by atoms with Crippen molar-refractivity contribution in [3.05, 3.63) is 0 Å². The Labute approximate surface area is 87.1 Å². The number of alkyl halides is 1. The fourth-order valence-electron chi connectivity index (χ4n) is 1.68. The Balaban J connectivity index is 0.000000146. The smallest absolute Gasteiger partial charge is 0.103 e. The normalized spacial score (nSPS) is 25.1. The zero-order chi connectivity index (χ0) is 10.4. The summed E-state index contributed by atoms with van der Waals surface area (Å²) in [6, 6.07) is 0. The Hall–Kier alpha value is -0.150. The highest BCUT2D eigenvalue weighted by molar-refractivity contribution is 4.67. The summed E-state index contributed by atoms with van der Waals surface area (Å²) in [6.07, 6.45) is 2.37. The molecule has 2 saturated heterocycles. The standard InChI is InChI=1S/C6H12FN.C5H11N/c1-8-4-2-6(7)3-5-8;1-2-6-4-3-5-6/h6H,2-5H2,1H3;2-5H2,1H3. The van der Waals surface area contributed by atoms with Crippen LogP contribution in [0.2, 0.25) is 0 Å². The minimum absolute atomic E-state index is 0.522.